The second-order valence-electron chi connectivity index (χ2n) is 6.23. The van der Waals surface area contributed by atoms with Crippen molar-refractivity contribution in [2.75, 3.05) is 11.4 Å². The summed E-state index contributed by atoms with van der Waals surface area (Å²) < 4.78 is 0. The zero-order chi connectivity index (χ0) is 14.8. The van der Waals surface area contributed by atoms with Gasteiger partial charge in [0, 0.05) is 24.7 Å². The maximum Gasteiger partial charge on any atom is 0.227 e. The van der Waals surface area contributed by atoms with Crippen LogP contribution in [0.1, 0.15) is 37.7 Å². The zero-order valence-electron chi connectivity index (χ0n) is 12.5. The molecule has 1 N–H and O–H groups in total. The van der Waals surface area contributed by atoms with E-state index >= 15 is 0 Å². The molecule has 2 aliphatic rings. The molecule has 4 nitrogen and oxygen atoms in total. The van der Waals surface area contributed by atoms with Crippen molar-refractivity contribution in [3.63, 3.8) is 0 Å². The fraction of sp³-hybridized carbons (Fsp3) is 0.529. The van der Waals surface area contributed by atoms with Gasteiger partial charge >= 0.3 is 0 Å². The van der Waals surface area contributed by atoms with Crippen LogP contribution in [0.2, 0.25) is 0 Å². The first-order valence-electron chi connectivity index (χ1n) is 7.81. The van der Waals surface area contributed by atoms with Gasteiger partial charge in [0.2, 0.25) is 11.8 Å². The highest BCUT2D eigenvalue weighted by Crippen LogP contribution is 2.26. The molecule has 4 heteroatoms. The molecule has 2 fully saturated rings. The van der Waals surface area contributed by atoms with Crippen molar-refractivity contribution in [1.82, 2.24) is 5.32 Å². The summed E-state index contributed by atoms with van der Waals surface area (Å²) in [6, 6.07) is 8.20. The average molecular weight is 286 g/mol. The summed E-state index contributed by atoms with van der Waals surface area (Å²) >= 11 is 0. The molecule has 0 radical (unpaired) electrons. The first-order valence-corrected chi connectivity index (χ1v) is 7.81. The molecular formula is C17H22N2O2. The van der Waals surface area contributed by atoms with Gasteiger partial charge in [0.1, 0.15) is 0 Å². The number of hydrogen-bond donors (Lipinski definition) is 1. The number of nitrogens with zero attached hydrogens (tertiary/aromatic N) is 1. The summed E-state index contributed by atoms with van der Waals surface area (Å²) in [5, 5.41) is 3.11. The van der Waals surface area contributed by atoms with Crippen LogP contribution in [0, 0.1) is 12.8 Å². The van der Waals surface area contributed by atoms with Crippen molar-refractivity contribution in [3.8, 4) is 0 Å². The first-order chi connectivity index (χ1) is 10.1. The van der Waals surface area contributed by atoms with Crippen LogP contribution in [0.25, 0.3) is 0 Å². The van der Waals surface area contributed by atoms with Gasteiger partial charge in [-0.1, -0.05) is 25.0 Å². The van der Waals surface area contributed by atoms with Crippen molar-refractivity contribution in [3.05, 3.63) is 29.8 Å². The van der Waals surface area contributed by atoms with Gasteiger partial charge in [-0.05, 0) is 37.5 Å². The van der Waals surface area contributed by atoms with Crippen LogP contribution in [0.5, 0.6) is 0 Å². The molecule has 1 aromatic carbocycles. The summed E-state index contributed by atoms with van der Waals surface area (Å²) in [4.78, 5) is 26.2. The van der Waals surface area contributed by atoms with E-state index in [1.54, 1.807) is 4.90 Å². The molecule has 1 aliphatic heterocycles. The Bertz CT molecular complexity index is 549. The number of hydrogen-bond acceptors (Lipinski definition) is 2. The monoisotopic (exact) mass is 286 g/mol. The second kappa shape index (κ2) is 5.88. The lowest BCUT2D eigenvalue weighted by molar-refractivity contribution is -0.126. The smallest absolute Gasteiger partial charge is 0.227 e. The summed E-state index contributed by atoms with van der Waals surface area (Å²) in [6.45, 7) is 2.51. The van der Waals surface area contributed by atoms with Crippen molar-refractivity contribution in [1.29, 1.82) is 0 Å². The lowest BCUT2D eigenvalue weighted by Gasteiger charge is -2.18. The molecule has 3 rings (SSSR count). The molecule has 1 atom stereocenters. The summed E-state index contributed by atoms with van der Waals surface area (Å²) in [5.74, 6) is -0.115. The van der Waals surface area contributed by atoms with Crippen LogP contribution in [-0.2, 0) is 9.59 Å². The Kier molecular flexibility index (Phi) is 3.95. The van der Waals surface area contributed by atoms with Crippen molar-refractivity contribution < 1.29 is 9.59 Å². The zero-order valence-corrected chi connectivity index (χ0v) is 12.5. The van der Waals surface area contributed by atoms with Gasteiger partial charge in [-0.25, -0.2) is 0 Å². The van der Waals surface area contributed by atoms with Crippen LogP contribution in [0.3, 0.4) is 0 Å². The van der Waals surface area contributed by atoms with Gasteiger partial charge in [0.25, 0.3) is 0 Å². The van der Waals surface area contributed by atoms with Gasteiger partial charge in [0.15, 0.2) is 0 Å². The van der Waals surface area contributed by atoms with E-state index in [9.17, 15) is 9.59 Å². The number of aryl methyl sites for hydroxylation is 1. The Morgan fingerprint density at radius 3 is 2.76 bits per heavy atom. The molecule has 0 aromatic heterocycles. The minimum atomic E-state index is -0.210. The first kappa shape index (κ1) is 14.1. The van der Waals surface area contributed by atoms with E-state index in [4.69, 9.17) is 0 Å². The van der Waals surface area contributed by atoms with Gasteiger partial charge in [-0.2, -0.15) is 0 Å². The predicted octanol–water partition coefficient (Wildman–Crippen LogP) is 2.41. The molecule has 1 aromatic rings. The van der Waals surface area contributed by atoms with Gasteiger partial charge in [-0.3, -0.25) is 9.59 Å². The third-order valence-electron chi connectivity index (χ3n) is 4.51. The van der Waals surface area contributed by atoms with Crippen molar-refractivity contribution in [2.24, 2.45) is 5.92 Å². The SMILES string of the molecule is Cc1cccc(N2C[C@H](C(=O)NC3CCCC3)CC2=O)c1. The number of carbonyl (C=O) groups is 2. The van der Waals surface area contributed by atoms with Crippen LogP contribution in [0.4, 0.5) is 5.69 Å². The highest BCUT2D eigenvalue weighted by atomic mass is 16.2. The van der Waals surface area contributed by atoms with E-state index < -0.39 is 0 Å². The topological polar surface area (TPSA) is 49.4 Å². The standard InChI is InChI=1S/C17H22N2O2/c1-12-5-4-8-15(9-12)19-11-13(10-16(19)20)17(21)18-14-6-2-3-7-14/h4-5,8-9,13-14H,2-3,6-7,10-11H2,1H3,(H,18,21)/t13-/m1/s1. The van der Waals surface area contributed by atoms with E-state index in [2.05, 4.69) is 5.32 Å². The third kappa shape index (κ3) is 3.09. The van der Waals surface area contributed by atoms with Crippen molar-refractivity contribution in [2.45, 2.75) is 45.1 Å². The molecule has 1 aliphatic carbocycles. The number of amides is 2. The molecule has 21 heavy (non-hydrogen) atoms. The number of anilines is 1. The number of rotatable bonds is 3. The van der Waals surface area contributed by atoms with Crippen LogP contribution in [0.15, 0.2) is 24.3 Å². The third-order valence-corrected chi connectivity index (χ3v) is 4.51. The largest absolute Gasteiger partial charge is 0.353 e. The quantitative estimate of drug-likeness (QED) is 0.927. The lowest BCUT2D eigenvalue weighted by Crippen LogP contribution is -2.38. The maximum absolute atomic E-state index is 12.3. The van der Waals surface area contributed by atoms with Gasteiger partial charge < -0.3 is 10.2 Å². The van der Waals surface area contributed by atoms with Crippen molar-refractivity contribution >= 4 is 17.5 Å². The second-order valence-corrected chi connectivity index (χ2v) is 6.23. The van der Waals surface area contributed by atoms with Crippen LogP contribution < -0.4 is 10.2 Å². The Balaban J connectivity index is 1.65. The minimum Gasteiger partial charge on any atom is -0.353 e. The van der Waals surface area contributed by atoms with Gasteiger partial charge in [0.05, 0.1) is 5.92 Å². The van der Waals surface area contributed by atoms with E-state index in [0.717, 1.165) is 24.1 Å². The normalized spacial score (nSPS) is 22.8. The average Bonchev–Trinajstić information content (AvgIpc) is 3.08. The van der Waals surface area contributed by atoms with E-state index in [0.29, 0.717) is 19.0 Å². The van der Waals surface area contributed by atoms with E-state index in [-0.39, 0.29) is 17.7 Å². The molecule has 1 heterocycles. The molecule has 0 spiro atoms. The molecule has 112 valence electrons. The molecule has 0 bridgehead atoms. The highest BCUT2D eigenvalue weighted by molar-refractivity contribution is 6.00. The lowest BCUT2D eigenvalue weighted by atomic mass is 10.1. The molecule has 0 unspecified atom stereocenters. The van der Waals surface area contributed by atoms with E-state index in [1.165, 1.54) is 12.8 Å². The summed E-state index contributed by atoms with van der Waals surface area (Å²) in [6.07, 6.45) is 4.88. The van der Waals surface area contributed by atoms with Crippen LogP contribution in [-0.4, -0.2) is 24.4 Å². The van der Waals surface area contributed by atoms with Crippen LogP contribution >= 0.6 is 0 Å². The summed E-state index contributed by atoms with van der Waals surface area (Å²) in [7, 11) is 0. The predicted molar refractivity (Wildman–Crippen MR) is 82.0 cm³/mol. The molecule has 2 amide bonds. The molecular weight excluding hydrogens is 264 g/mol. The Morgan fingerprint density at radius 1 is 1.29 bits per heavy atom. The number of carbonyl (C=O) groups excluding carboxylic acids is 2. The molecule has 1 saturated carbocycles. The highest BCUT2D eigenvalue weighted by Gasteiger charge is 2.36. The fourth-order valence-electron chi connectivity index (χ4n) is 3.32. The number of benzene rings is 1. The Hall–Kier alpha value is -1.84. The maximum atomic E-state index is 12.3. The minimum absolute atomic E-state index is 0.0467. The Labute approximate surface area is 125 Å². The van der Waals surface area contributed by atoms with E-state index in [1.807, 2.05) is 31.2 Å². The Morgan fingerprint density at radius 2 is 2.05 bits per heavy atom. The van der Waals surface area contributed by atoms with Gasteiger partial charge in [-0.15, -0.1) is 0 Å². The summed E-state index contributed by atoms with van der Waals surface area (Å²) in [5.41, 5.74) is 2.02. The molecule has 1 saturated heterocycles. The fourth-order valence-corrected chi connectivity index (χ4v) is 3.32. The number of nitrogens with one attached hydrogen (secondary N) is 1.